The lowest BCUT2D eigenvalue weighted by molar-refractivity contribution is 0.151. The summed E-state index contributed by atoms with van der Waals surface area (Å²) in [6, 6.07) is 21.9. The zero-order chi connectivity index (χ0) is 38.7. The zero-order valence-electron chi connectivity index (χ0n) is 32.2. The molecule has 3 aliphatic heterocycles. The first kappa shape index (κ1) is 37.1. The number of fused-ring (bicyclic) bond motifs is 3. The van der Waals surface area contributed by atoms with Crippen molar-refractivity contribution in [2.45, 2.75) is 76.7 Å². The smallest absolute Gasteiger partial charge is 0.131 e. The highest BCUT2D eigenvalue weighted by Crippen LogP contribution is 2.49. The van der Waals surface area contributed by atoms with Gasteiger partial charge in [0.05, 0.1) is 21.3 Å². The molecule has 7 rings (SSSR count). The van der Waals surface area contributed by atoms with E-state index >= 15 is 0 Å². The third kappa shape index (κ3) is 7.07. The maximum absolute atomic E-state index is 12.4. The molecule has 4 aromatic rings. The number of hydrogen-bond acceptors (Lipinski definition) is 9. The monoisotopic (exact) mass is 732 g/mol. The number of aliphatic hydroxyl groups is 3. The fourth-order valence-corrected chi connectivity index (χ4v) is 7.55. The lowest BCUT2D eigenvalue weighted by Crippen LogP contribution is -2.30. The zero-order valence-corrected chi connectivity index (χ0v) is 32.2. The van der Waals surface area contributed by atoms with E-state index in [1.54, 1.807) is 39.5 Å². The van der Waals surface area contributed by atoms with Gasteiger partial charge in [-0.1, -0.05) is 0 Å². The quantitative estimate of drug-likeness (QED) is 0.156. The topological polar surface area (TPSA) is 116 Å². The van der Waals surface area contributed by atoms with Gasteiger partial charge in [-0.05, 0) is 148 Å². The molecular weight excluding hydrogens is 684 g/mol. The molecule has 9 heteroatoms. The highest BCUT2D eigenvalue weighted by molar-refractivity contribution is 5.81. The first-order valence-electron chi connectivity index (χ1n) is 18.0. The molecule has 0 amide bonds. The summed E-state index contributed by atoms with van der Waals surface area (Å²) >= 11 is 0. The van der Waals surface area contributed by atoms with Crippen molar-refractivity contribution in [2.24, 2.45) is 0 Å². The lowest BCUT2D eigenvalue weighted by atomic mass is 9.82. The van der Waals surface area contributed by atoms with Crippen molar-refractivity contribution in [3.8, 4) is 34.5 Å². The summed E-state index contributed by atoms with van der Waals surface area (Å²) in [4.78, 5) is 0. The van der Waals surface area contributed by atoms with E-state index in [0.717, 1.165) is 0 Å². The molecule has 3 N–H and O–H groups in total. The van der Waals surface area contributed by atoms with Crippen molar-refractivity contribution in [1.82, 2.24) is 0 Å². The molecule has 3 unspecified atom stereocenters. The van der Waals surface area contributed by atoms with Crippen LogP contribution in [0.4, 0.5) is 0 Å². The number of benzene rings is 4. The van der Waals surface area contributed by atoms with E-state index in [4.69, 9.17) is 28.4 Å². The van der Waals surface area contributed by atoms with Crippen molar-refractivity contribution < 1.29 is 43.7 Å². The largest absolute Gasteiger partial charge is 0.497 e. The Hall–Kier alpha value is -5.22. The molecule has 282 valence electrons. The van der Waals surface area contributed by atoms with Crippen LogP contribution in [0.15, 0.2) is 91.0 Å². The molecule has 0 radical (unpaired) electrons. The van der Waals surface area contributed by atoms with E-state index in [1.165, 1.54) is 0 Å². The molecule has 3 aliphatic rings. The predicted octanol–water partition coefficient (Wildman–Crippen LogP) is 8.58. The van der Waals surface area contributed by atoms with E-state index in [9.17, 15) is 15.3 Å². The second kappa shape index (κ2) is 13.6. The van der Waals surface area contributed by atoms with Crippen LogP contribution in [0.2, 0.25) is 0 Å². The molecule has 0 aliphatic carbocycles. The fraction of sp³-hybridized carbons (Fsp3) is 0.333. The SMILES string of the molecule is COc1ccc2c(c1)OC(C)(C)C=C2C(O)c1cc(C(O)C2=CC(C)(C)Oc3cc(OC)ccc32)cc(C(O)C2=CC(C)(C)Oc3cc(OC)ccc32)c1. The summed E-state index contributed by atoms with van der Waals surface area (Å²) in [5.41, 5.74) is 3.22. The van der Waals surface area contributed by atoms with Crippen molar-refractivity contribution in [1.29, 1.82) is 0 Å². The Kier molecular flexibility index (Phi) is 9.33. The Morgan fingerprint density at radius 1 is 0.426 bits per heavy atom. The number of aliphatic hydroxyl groups excluding tert-OH is 3. The molecule has 0 saturated carbocycles. The van der Waals surface area contributed by atoms with Crippen molar-refractivity contribution in [3.63, 3.8) is 0 Å². The summed E-state index contributed by atoms with van der Waals surface area (Å²) in [6.45, 7) is 11.6. The van der Waals surface area contributed by atoms with Crippen molar-refractivity contribution in [2.75, 3.05) is 21.3 Å². The maximum Gasteiger partial charge on any atom is 0.131 e. The summed E-state index contributed by atoms with van der Waals surface area (Å²) in [5.74, 6) is 3.63. The molecule has 0 saturated heterocycles. The second-order valence-corrected chi connectivity index (χ2v) is 15.6. The third-order valence-electron chi connectivity index (χ3n) is 9.96. The second-order valence-electron chi connectivity index (χ2n) is 15.6. The standard InChI is InChI=1S/C45H48O9/c1-43(2)22-34(31-13-10-28(49-7)19-37(31)52-43)40(46)25-16-26(41(47)35-23-44(3,4)53-38-20-29(50-8)11-14-32(35)38)18-27(17-25)42(48)36-24-45(5,6)54-39-21-30(51-9)12-15-33(36)39/h10-24,40-42,46-48H,1-9H3. The minimum atomic E-state index is -1.16. The lowest BCUT2D eigenvalue weighted by Gasteiger charge is -2.35. The van der Waals surface area contributed by atoms with Gasteiger partial charge in [0.15, 0.2) is 0 Å². The van der Waals surface area contributed by atoms with Crippen LogP contribution >= 0.6 is 0 Å². The van der Waals surface area contributed by atoms with Crippen molar-refractivity contribution >= 4 is 16.7 Å². The maximum atomic E-state index is 12.4. The van der Waals surface area contributed by atoms with E-state index in [0.29, 0.717) is 84.6 Å². The van der Waals surface area contributed by atoms with Crippen LogP contribution in [-0.2, 0) is 0 Å². The van der Waals surface area contributed by atoms with Crippen LogP contribution in [0.3, 0.4) is 0 Å². The van der Waals surface area contributed by atoms with Crippen LogP contribution in [0.1, 0.15) is 93.2 Å². The molecule has 0 aromatic heterocycles. The van der Waals surface area contributed by atoms with Gasteiger partial charge < -0.3 is 43.7 Å². The molecule has 4 aromatic carbocycles. The van der Waals surface area contributed by atoms with Gasteiger partial charge >= 0.3 is 0 Å². The van der Waals surface area contributed by atoms with Gasteiger partial charge in [-0.25, -0.2) is 0 Å². The van der Waals surface area contributed by atoms with E-state index in [2.05, 4.69) is 0 Å². The normalized spacial score (nSPS) is 19.0. The fourth-order valence-electron chi connectivity index (χ4n) is 7.55. The number of ether oxygens (including phenoxy) is 6. The first-order valence-corrected chi connectivity index (χ1v) is 18.0. The van der Waals surface area contributed by atoms with E-state index < -0.39 is 35.1 Å². The number of methoxy groups -OCH3 is 3. The van der Waals surface area contributed by atoms with Gasteiger partial charge in [0.1, 0.15) is 69.6 Å². The van der Waals surface area contributed by atoms with Gasteiger partial charge in [0, 0.05) is 34.9 Å². The van der Waals surface area contributed by atoms with Crippen LogP contribution in [0.5, 0.6) is 34.5 Å². The Labute approximate surface area is 316 Å². The molecule has 0 bridgehead atoms. The van der Waals surface area contributed by atoms with Gasteiger partial charge in [-0.15, -0.1) is 0 Å². The molecule has 9 nitrogen and oxygen atoms in total. The molecule has 54 heavy (non-hydrogen) atoms. The number of rotatable bonds is 9. The Morgan fingerprint density at radius 2 is 0.685 bits per heavy atom. The van der Waals surface area contributed by atoms with Crippen LogP contribution in [-0.4, -0.2) is 53.5 Å². The highest BCUT2D eigenvalue weighted by Gasteiger charge is 2.36. The first-order chi connectivity index (χ1) is 25.5. The molecule has 0 fully saturated rings. The summed E-state index contributed by atoms with van der Waals surface area (Å²) < 4.78 is 35.3. The minimum absolute atomic E-state index is 0.482. The average Bonchev–Trinajstić information content (AvgIpc) is 3.13. The minimum Gasteiger partial charge on any atom is -0.497 e. The summed E-state index contributed by atoms with van der Waals surface area (Å²) in [6.07, 6.45) is 2.24. The van der Waals surface area contributed by atoms with E-state index in [1.807, 2.05) is 114 Å². The van der Waals surface area contributed by atoms with Gasteiger partial charge in [0.2, 0.25) is 0 Å². The molecular formula is C45H48O9. The average molecular weight is 733 g/mol. The van der Waals surface area contributed by atoms with Gasteiger partial charge in [0.25, 0.3) is 0 Å². The van der Waals surface area contributed by atoms with Crippen LogP contribution in [0, 0.1) is 0 Å². The van der Waals surface area contributed by atoms with Gasteiger partial charge in [-0.2, -0.15) is 0 Å². The molecule has 3 heterocycles. The van der Waals surface area contributed by atoms with Crippen LogP contribution < -0.4 is 28.4 Å². The molecule has 0 spiro atoms. The Morgan fingerprint density at radius 3 is 0.926 bits per heavy atom. The predicted molar refractivity (Wildman–Crippen MR) is 208 cm³/mol. The van der Waals surface area contributed by atoms with Gasteiger partial charge in [-0.3, -0.25) is 0 Å². The Balaban J connectivity index is 1.39. The highest BCUT2D eigenvalue weighted by atomic mass is 16.5. The third-order valence-corrected chi connectivity index (χ3v) is 9.96. The summed E-state index contributed by atoms with van der Waals surface area (Å²) in [5, 5.41) is 37.1. The number of hydrogen-bond donors (Lipinski definition) is 3. The Bertz CT molecular complexity index is 1950. The summed E-state index contributed by atoms with van der Waals surface area (Å²) in [7, 11) is 4.79. The van der Waals surface area contributed by atoms with Crippen LogP contribution in [0.25, 0.3) is 16.7 Å². The van der Waals surface area contributed by atoms with Crippen molar-refractivity contribution in [3.05, 3.63) is 124 Å². The molecule has 3 atom stereocenters. The van der Waals surface area contributed by atoms with E-state index in [-0.39, 0.29) is 0 Å².